The van der Waals surface area contributed by atoms with Crippen LogP contribution in [0, 0.1) is 0 Å². The number of carboxylic acid groups (broad SMARTS) is 1. The van der Waals surface area contributed by atoms with Crippen LogP contribution in [0.2, 0.25) is 0 Å². The maximum absolute atomic E-state index is 12.7. The minimum absolute atomic E-state index is 0.00776. The number of nitrogens with one attached hydrogen (secondary N) is 3. The predicted octanol–water partition coefficient (Wildman–Crippen LogP) is -2.17. The fourth-order valence-electron chi connectivity index (χ4n) is 3.07. The molecule has 13 heteroatoms. The van der Waals surface area contributed by atoms with Crippen LogP contribution in [-0.2, 0) is 30.4 Å². The molecule has 0 aliphatic rings. The molecule has 0 saturated heterocycles. The van der Waals surface area contributed by atoms with E-state index in [1.54, 1.807) is 0 Å². The molecule has 1 rings (SSSR count). The quantitative estimate of drug-likeness (QED) is 0.123. The van der Waals surface area contributed by atoms with E-state index in [-0.39, 0.29) is 12.2 Å². The number of aliphatic carboxylic acids is 1. The number of phenols is 1. The number of hydrogen-bond donors (Lipinski definition) is 8. The summed E-state index contributed by atoms with van der Waals surface area (Å²) in [5.41, 5.74) is 16.9. The summed E-state index contributed by atoms with van der Waals surface area (Å²) in [4.78, 5) is 60.6. The monoisotopic (exact) mass is 494 g/mol. The van der Waals surface area contributed by atoms with Gasteiger partial charge in [0.25, 0.3) is 0 Å². The highest BCUT2D eigenvalue weighted by atomic mass is 16.4. The fraction of sp³-hybridized carbons (Fsp3) is 0.500. The lowest BCUT2D eigenvalue weighted by Gasteiger charge is -2.23. The number of aromatic hydroxyl groups is 1. The molecule has 0 aliphatic heterocycles. The van der Waals surface area contributed by atoms with Gasteiger partial charge in [0, 0.05) is 6.42 Å². The first kappa shape index (κ1) is 29.3. The lowest BCUT2D eigenvalue weighted by molar-refractivity contribution is -0.142. The maximum Gasteiger partial charge on any atom is 0.326 e. The van der Waals surface area contributed by atoms with Gasteiger partial charge in [0.05, 0.1) is 12.5 Å². The normalized spacial score (nSPS) is 14.1. The second-order valence-corrected chi connectivity index (χ2v) is 8.12. The molecule has 11 N–H and O–H groups in total. The van der Waals surface area contributed by atoms with Crippen LogP contribution >= 0.6 is 0 Å². The second kappa shape index (κ2) is 14.5. The number of benzene rings is 1. The molecule has 4 amide bonds. The van der Waals surface area contributed by atoms with E-state index in [1.807, 2.05) is 0 Å². The van der Waals surface area contributed by atoms with Crippen LogP contribution in [-0.4, -0.2) is 70.5 Å². The number of carbonyl (C=O) groups is 5. The van der Waals surface area contributed by atoms with Gasteiger partial charge in [-0.2, -0.15) is 0 Å². The van der Waals surface area contributed by atoms with E-state index in [9.17, 15) is 34.2 Å². The van der Waals surface area contributed by atoms with Crippen LogP contribution < -0.4 is 33.2 Å². The first-order chi connectivity index (χ1) is 16.4. The fourth-order valence-corrected chi connectivity index (χ4v) is 3.07. The van der Waals surface area contributed by atoms with Gasteiger partial charge >= 0.3 is 5.97 Å². The number of nitrogens with two attached hydrogens (primary N) is 3. The molecule has 0 aromatic heterocycles. The molecule has 35 heavy (non-hydrogen) atoms. The number of carboxylic acids is 1. The number of hydrogen-bond acceptors (Lipinski definition) is 8. The van der Waals surface area contributed by atoms with Gasteiger partial charge in [-0.15, -0.1) is 0 Å². The Morgan fingerprint density at radius 1 is 0.914 bits per heavy atom. The van der Waals surface area contributed by atoms with Crippen molar-refractivity contribution >= 4 is 29.6 Å². The van der Waals surface area contributed by atoms with E-state index in [4.69, 9.17) is 17.2 Å². The average Bonchev–Trinajstić information content (AvgIpc) is 2.78. The molecule has 1 aromatic rings. The number of carbonyl (C=O) groups excluding carboxylic acids is 4. The summed E-state index contributed by atoms with van der Waals surface area (Å²) in [6.45, 7) is 1.83. The van der Waals surface area contributed by atoms with Crippen molar-refractivity contribution in [1.29, 1.82) is 0 Å². The van der Waals surface area contributed by atoms with Crippen molar-refractivity contribution < 1.29 is 34.2 Å². The van der Waals surface area contributed by atoms with Crippen LogP contribution in [0.4, 0.5) is 0 Å². The lowest BCUT2D eigenvalue weighted by Crippen LogP contribution is -2.57. The zero-order valence-electron chi connectivity index (χ0n) is 19.5. The molecule has 0 heterocycles. The number of phenolic OH excluding ortho intramolecular Hbond substituents is 1. The van der Waals surface area contributed by atoms with E-state index in [1.165, 1.54) is 31.2 Å². The number of amides is 4. The topological polar surface area (TPSA) is 240 Å². The van der Waals surface area contributed by atoms with Gasteiger partial charge in [-0.25, -0.2) is 4.79 Å². The van der Waals surface area contributed by atoms with E-state index in [0.29, 0.717) is 31.4 Å². The molecular weight excluding hydrogens is 460 g/mol. The van der Waals surface area contributed by atoms with Crippen LogP contribution in [0.15, 0.2) is 24.3 Å². The molecule has 0 saturated carbocycles. The summed E-state index contributed by atoms with van der Waals surface area (Å²) in [7, 11) is 0. The Morgan fingerprint density at radius 2 is 1.51 bits per heavy atom. The smallest absolute Gasteiger partial charge is 0.326 e. The maximum atomic E-state index is 12.7. The molecule has 4 unspecified atom stereocenters. The molecule has 194 valence electrons. The first-order valence-corrected chi connectivity index (χ1v) is 11.1. The third-order valence-electron chi connectivity index (χ3n) is 5.09. The molecule has 0 radical (unpaired) electrons. The van der Waals surface area contributed by atoms with Gasteiger partial charge < -0.3 is 43.4 Å². The predicted molar refractivity (Wildman–Crippen MR) is 126 cm³/mol. The van der Waals surface area contributed by atoms with Crippen LogP contribution in [0.25, 0.3) is 0 Å². The molecule has 0 bridgehead atoms. The summed E-state index contributed by atoms with van der Waals surface area (Å²) in [6.07, 6.45) is 1.00. The Balaban J connectivity index is 2.80. The van der Waals surface area contributed by atoms with E-state index >= 15 is 0 Å². The standard InChI is InChI=1S/C22H34N6O7/c1-12(26-20(32)15(24)4-2-3-9-23)19(31)27-16(11-18(25)30)21(33)28-17(22(34)35)10-13-5-7-14(29)8-6-13/h5-8,12,15-17,29H,2-4,9-11,23-24H2,1H3,(H2,25,30)(H,26,32)(H,27,31)(H,28,33)(H,34,35). The second-order valence-electron chi connectivity index (χ2n) is 8.12. The third-order valence-corrected chi connectivity index (χ3v) is 5.09. The Bertz CT molecular complexity index is 893. The SMILES string of the molecule is CC(NC(=O)C(N)CCCCN)C(=O)NC(CC(N)=O)C(=O)NC(Cc1ccc(O)cc1)C(=O)O. The largest absolute Gasteiger partial charge is 0.508 e. The van der Waals surface area contributed by atoms with Crippen molar-refractivity contribution in [2.24, 2.45) is 17.2 Å². The van der Waals surface area contributed by atoms with Gasteiger partial charge in [-0.1, -0.05) is 18.6 Å². The van der Waals surface area contributed by atoms with E-state index in [0.717, 1.165) is 0 Å². The average molecular weight is 495 g/mol. The molecular formula is C22H34N6O7. The van der Waals surface area contributed by atoms with Gasteiger partial charge in [-0.05, 0) is 44.0 Å². The molecule has 0 fully saturated rings. The summed E-state index contributed by atoms with van der Waals surface area (Å²) in [5, 5.41) is 25.9. The van der Waals surface area contributed by atoms with Crippen molar-refractivity contribution in [3.63, 3.8) is 0 Å². The molecule has 1 aromatic carbocycles. The number of primary amides is 1. The molecule has 0 aliphatic carbocycles. The zero-order chi connectivity index (χ0) is 26.5. The van der Waals surface area contributed by atoms with Crippen molar-refractivity contribution in [3.05, 3.63) is 29.8 Å². The van der Waals surface area contributed by atoms with Crippen molar-refractivity contribution in [1.82, 2.24) is 16.0 Å². The van der Waals surface area contributed by atoms with E-state index in [2.05, 4.69) is 16.0 Å². The summed E-state index contributed by atoms with van der Waals surface area (Å²) in [5.74, 6) is -4.57. The zero-order valence-corrected chi connectivity index (χ0v) is 19.5. The Labute approximate surface area is 202 Å². The van der Waals surface area contributed by atoms with Gasteiger partial charge in [0.2, 0.25) is 23.6 Å². The van der Waals surface area contributed by atoms with Crippen molar-refractivity contribution in [2.75, 3.05) is 6.54 Å². The van der Waals surface area contributed by atoms with Gasteiger partial charge in [0.15, 0.2) is 0 Å². The summed E-state index contributed by atoms with van der Waals surface area (Å²) >= 11 is 0. The van der Waals surface area contributed by atoms with Crippen molar-refractivity contribution in [3.8, 4) is 5.75 Å². The molecule has 13 nitrogen and oxygen atoms in total. The van der Waals surface area contributed by atoms with Gasteiger partial charge in [-0.3, -0.25) is 19.2 Å². The molecule has 4 atom stereocenters. The Kier molecular flexibility index (Phi) is 12.2. The highest BCUT2D eigenvalue weighted by molar-refractivity contribution is 5.96. The Hall–Kier alpha value is -3.71. The summed E-state index contributed by atoms with van der Waals surface area (Å²) in [6, 6.07) is 0.910. The Morgan fingerprint density at radius 3 is 2.06 bits per heavy atom. The first-order valence-electron chi connectivity index (χ1n) is 11.1. The minimum atomic E-state index is -1.47. The van der Waals surface area contributed by atoms with Gasteiger partial charge in [0.1, 0.15) is 23.9 Å². The van der Waals surface area contributed by atoms with Crippen LogP contribution in [0.3, 0.4) is 0 Å². The third kappa shape index (κ3) is 10.8. The summed E-state index contributed by atoms with van der Waals surface area (Å²) < 4.78 is 0. The lowest BCUT2D eigenvalue weighted by atomic mass is 10.0. The minimum Gasteiger partial charge on any atom is -0.508 e. The highest BCUT2D eigenvalue weighted by Crippen LogP contribution is 2.12. The van der Waals surface area contributed by atoms with E-state index < -0.39 is 60.2 Å². The van der Waals surface area contributed by atoms with Crippen LogP contribution in [0.5, 0.6) is 5.75 Å². The number of unbranched alkanes of at least 4 members (excludes halogenated alkanes) is 1. The molecule has 0 spiro atoms. The highest BCUT2D eigenvalue weighted by Gasteiger charge is 2.30. The number of rotatable bonds is 15. The van der Waals surface area contributed by atoms with Crippen LogP contribution in [0.1, 0.15) is 38.2 Å². The van der Waals surface area contributed by atoms with Crippen molar-refractivity contribution in [2.45, 2.75) is 63.2 Å².